The van der Waals surface area contributed by atoms with Gasteiger partial charge in [-0.3, -0.25) is 4.68 Å². The molecule has 0 fully saturated rings. The number of rotatable bonds is 5. The minimum Gasteiger partial charge on any atom is -0.480 e. The zero-order valence-electron chi connectivity index (χ0n) is 16.7. The number of fused-ring (bicyclic) bond motifs is 1. The summed E-state index contributed by atoms with van der Waals surface area (Å²) in [4.78, 5) is 16.6. The van der Waals surface area contributed by atoms with E-state index in [1.165, 1.54) is 7.11 Å². The molecule has 30 heavy (non-hydrogen) atoms. The number of aryl methyl sites for hydroxylation is 1. The number of hydrogen-bond acceptors (Lipinski definition) is 7. The van der Waals surface area contributed by atoms with E-state index in [-0.39, 0.29) is 6.61 Å². The summed E-state index contributed by atoms with van der Waals surface area (Å²) >= 11 is 0. The summed E-state index contributed by atoms with van der Waals surface area (Å²) in [6, 6.07) is 8.76. The molecule has 9 nitrogen and oxygen atoms in total. The van der Waals surface area contributed by atoms with E-state index in [2.05, 4.69) is 21.3 Å². The summed E-state index contributed by atoms with van der Waals surface area (Å²) < 4.78 is 13.8. The number of esters is 1. The van der Waals surface area contributed by atoms with E-state index in [9.17, 15) is 10.1 Å². The zero-order chi connectivity index (χ0) is 21.3. The third kappa shape index (κ3) is 3.24. The van der Waals surface area contributed by atoms with E-state index < -0.39 is 5.97 Å². The van der Waals surface area contributed by atoms with Crippen LogP contribution in [-0.4, -0.2) is 44.1 Å². The van der Waals surface area contributed by atoms with Crippen LogP contribution >= 0.6 is 0 Å². The molecule has 0 unspecified atom stereocenters. The van der Waals surface area contributed by atoms with E-state index in [1.54, 1.807) is 46.7 Å². The Hall–Kier alpha value is -4.19. The molecule has 3 aromatic heterocycles. The average molecular weight is 402 g/mol. The number of aromatic nitrogens is 5. The Balaban J connectivity index is 1.89. The number of ether oxygens (including phenoxy) is 2. The lowest BCUT2D eigenvalue weighted by atomic mass is 10.0. The fraction of sp³-hybridized carbons (Fsp3) is 0.190. The van der Waals surface area contributed by atoms with Crippen molar-refractivity contribution in [2.45, 2.75) is 6.92 Å². The number of imidazole rings is 1. The lowest BCUT2D eigenvalue weighted by Crippen LogP contribution is -2.06. The van der Waals surface area contributed by atoms with Crippen LogP contribution in [0.25, 0.3) is 28.0 Å². The van der Waals surface area contributed by atoms with Crippen LogP contribution in [0, 0.1) is 11.3 Å². The second-order valence-corrected chi connectivity index (χ2v) is 6.48. The summed E-state index contributed by atoms with van der Waals surface area (Å²) in [6.45, 7) is 2.00. The van der Waals surface area contributed by atoms with Crippen molar-refractivity contribution in [2.75, 3.05) is 13.7 Å². The molecule has 4 aromatic rings. The molecular formula is C21H18N6O3. The monoisotopic (exact) mass is 402 g/mol. The topological polar surface area (TPSA) is 107 Å². The molecule has 0 spiro atoms. The first-order chi connectivity index (χ1) is 14.5. The van der Waals surface area contributed by atoms with Crippen LogP contribution < -0.4 is 4.74 Å². The van der Waals surface area contributed by atoms with E-state index >= 15 is 0 Å². The molecule has 0 radical (unpaired) electrons. The Bertz CT molecular complexity index is 1300. The molecular weight excluding hydrogens is 384 g/mol. The van der Waals surface area contributed by atoms with Crippen LogP contribution in [0.2, 0.25) is 0 Å². The summed E-state index contributed by atoms with van der Waals surface area (Å²) in [5, 5.41) is 18.3. The molecule has 0 N–H and O–H groups in total. The minimum atomic E-state index is -0.457. The molecule has 0 aliphatic carbocycles. The van der Waals surface area contributed by atoms with Crippen molar-refractivity contribution in [3.05, 3.63) is 54.0 Å². The molecule has 1 aromatic carbocycles. The van der Waals surface area contributed by atoms with Gasteiger partial charge in [-0.1, -0.05) is 0 Å². The molecule has 0 amide bonds. The largest absolute Gasteiger partial charge is 0.480 e. The van der Waals surface area contributed by atoms with E-state index in [0.29, 0.717) is 33.9 Å². The molecule has 0 atom stereocenters. The number of carbonyl (C=O) groups is 1. The van der Waals surface area contributed by atoms with Crippen molar-refractivity contribution in [2.24, 2.45) is 7.05 Å². The normalized spacial score (nSPS) is 10.7. The van der Waals surface area contributed by atoms with Gasteiger partial charge in [0.15, 0.2) is 5.65 Å². The molecule has 0 saturated carbocycles. The van der Waals surface area contributed by atoms with Crippen molar-refractivity contribution in [3.8, 4) is 34.3 Å². The molecule has 150 valence electrons. The number of benzene rings is 1. The molecule has 3 heterocycles. The van der Waals surface area contributed by atoms with E-state index in [4.69, 9.17) is 9.47 Å². The molecule has 4 rings (SSSR count). The smallest absolute Gasteiger partial charge is 0.338 e. The molecule has 0 aliphatic rings. The quantitative estimate of drug-likeness (QED) is 0.472. The SMILES string of the molecule is CCOC(=O)c1ccc(C#N)c(-c2cnc3cc(-c4cnn(C)c4)c(OC)nn23)c1. The van der Waals surface area contributed by atoms with Gasteiger partial charge in [-0.25, -0.2) is 14.3 Å². The molecule has 0 bridgehead atoms. The first-order valence-electron chi connectivity index (χ1n) is 9.19. The van der Waals surface area contributed by atoms with Gasteiger partial charge in [-0.2, -0.15) is 10.4 Å². The number of carbonyl (C=O) groups excluding carboxylic acids is 1. The van der Waals surface area contributed by atoms with Gasteiger partial charge in [-0.15, -0.1) is 5.10 Å². The Morgan fingerprint density at radius 3 is 2.73 bits per heavy atom. The maximum absolute atomic E-state index is 12.2. The maximum Gasteiger partial charge on any atom is 0.338 e. The first-order valence-corrected chi connectivity index (χ1v) is 9.19. The summed E-state index contributed by atoms with van der Waals surface area (Å²) in [5.74, 6) is -0.0729. The molecule has 9 heteroatoms. The minimum absolute atomic E-state index is 0.264. The predicted molar refractivity (Wildman–Crippen MR) is 108 cm³/mol. The third-order valence-electron chi connectivity index (χ3n) is 4.60. The van der Waals surface area contributed by atoms with Gasteiger partial charge in [0.2, 0.25) is 5.88 Å². The highest BCUT2D eigenvalue weighted by Crippen LogP contribution is 2.32. The van der Waals surface area contributed by atoms with Crippen LogP contribution in [-0.2, 0) is 11.8 Å². The van der Waals surface area contributed by atoms with Crippen LogP contribution in [0.3, 0.4) is 0 Å². The second kappa shape index (κ2) is 7.67. The van der Waals surface area contributed by atoms with Crippen molar-refractivity contribution < 1.29 is 14.3 Å². The Morgan fingerprint density at radius 2 is 2.07 bits per heavy atom. The second-order valence-electron chi connectivity index (χ2n) is 6.48. The van der Waals surface area contributed by atoms with Crippen LogP contribution in [0.4, 0.5) is 0 Å². The number of nitrogens with zero attached hydrogens (tertiary/aromatic N) is 6. The maximum atomic E-state index is 12.2. The average Bonchev–Trinajstić information content (AvgIpc) is 3.38. The van der Waals surface area contributed by atoms with Gasteiger partial charge in [0.1, 0.15) is 0 Å². The van der Waals surface area contributed by atoms with Crippen LogP contribution in [0.15, 0.2) is 42.9 Å². The van der Waals surface area contributed by atoms with Gasteiger partial charge in [0, 0.05) is 24.4 Å². The van der Waals surface area contributed by atoms with Crippen molar-refractivity contribution in [1.29, 1.82) is 5.26 Å². The highest BCUT2D eigenvalue weighted by atomic mass is 16.5. The molecule has 0 aliphatic heterocycles. The number of hydrogen-bond donors (Lipinski definition) is 0. The highest BCUT2D eigenvalue weighted by molar-refractivity contribution is 5.91. The predicted octanol–water partition coefficient (Wildman–Crippen LogP) is 2.85. The van der Waals surface area contributed by atoms with Crippen molar-refractivity contribution in [3.63, 3.8) is 0 Å². The standard InChI is InChI=1S/C21H18N6O3/c1-4-30-21(28)13-5-6-14(9-22)16(7-13)18-11-23-19-8-17(15-10-24-26(2)12-15)20(29-3)25-27(18)19/h5-8,10-12H,4H2,1-3H3. The summed E-state index contributed by atoms with van der Waals surface area (Å²) in [6.07, 6.45) is 5.19. The van der Waals surface area contributed by atoms with Crippen molar-refractivity contribution >= 4 is 11.6 Å². The third-order valence-corrected chi connectivity index (χ3v) is 4.60. The van der Waals surface area contributed by atoms with Crippen LogP contribution in [0.1, 0.15) is 22.8 Å². The summed E-state index contributed by atoms with van der Waals surface area (Å²) in [7, 11) is 3.36. The van der Waals surface area contributed by atoms with E-state index in [0.717, 1.165) is 11.1 Å². The first kappa shape index (κ1) is 19.1. The lowest BCUT2D eigenvalue weighted by Gasteiger charge is -2.10. The van der Waals surface area contributed by atoms with Gasteiger partial charge in [0.05, 0.1) is 54.6 Å². The lowest BCUT2D eigenvalue weighted by molar-refractivity contribution is 0.0526. The highest BCUT2D eigenvalue weighted by Gasteiger charge is 2.18. The summed E-state index contributed by atoms with van der Waals surface area (Å²) in [5.41, 5.74) is 3.98. The fourth-order valence-electron chi connectivity index (χ4n) is 3.20. The zero-order valence-corrected chi connectivity index (χ0v) is 16.7. The molecule has 0 saturated heterocycles. The fourth-order valence-corrected chi connectivity index (χ4v) is 3.20. The van der Waals surface area contributed by atoms with Gasteiger partial charge in [-0.05, 0) is 31.2 Å². The van der Waals surface area contributed by atoms with E-state index in [1.807, 2.05) is 19.3 Å². The van der Waals surface area contributed by atoms with Gasteiger partial charge in [0.25, 0.3) is 0 Å². The van der Waals surface area contributed by atoms with Gasteiger partial charge < -0.3 is 9.47 Å². The Morgan fingerprint density at radius 1 is 1.23 bits per heavy atom. The Labute approximate surface area is 172 Å². The Kier molecular flexibility index (Phi) is 4.90. The number of methoxy groups -OCH3 is 1. The van der Waals surface area contributed by atoms with Crippen molar-refractivity contribution in [1.82, 2.24) is 24.4 Å². The van der Waals surface area contributed by atoms with Crippen LogP contribution in [0.5, 0.6) is 5.88 Å². The number of nitriles is 1. The van der Waals surface area contributed by atoms with Gasteiger partial charge >= 0.3 is 5.97 Å².